The van der Waals surface area contributed by atoms with Crippen LogP contribution in [0.3, 0.4) is 0 Å². The van der Waals surface area contributed by atoms with Crippen LogP contribution >= 0.6 is 0 Å². The standard InChI is InChI=1S/C15H28F2N2O2/c1-4-7-18(10-13(16)17)9-12-6-5-8-19(12)14(11(2)3)15(20)21/h11-14H,4-10H2,1-3H3,(H,20,21). The normalized spacial score (nSPS) is 21.6. The number of rotatable bonds is 9. The van der Waals surface area contributed by atoms with Crippen molar-refractivity contribution in [2.75, 3.05) is 26.2 Å². The first kappa shape index (κ1) is 18.3. The molecule has 1 rings (SSSR count). The molecule has 0 bridgehead atoms. The van der Waals surface area contributed by atoms with Gasteiger partial charge in [-0.15, -0.1) is 0 Å². The lowest BCUT2D eigenvalue weighted by atomic mass is 10.0. The molecule has 0 radical (unpaired) electrons. The lowest BCUT2D eigenvalue weighted by Gasteiger charge is -2.35. The maximum Gasteiger partial charge on any atom is 0.321 e. The van der Waals surface area contributed by atoms with E-state index in [2.05, 4.69) is 0 Å². The Bertz CT molecular complexity index is 327. The number of likely N-dealkylation sites (tertiary alicyclic amines) is 1. The van der Waals surface area contributed by atoms with Crippen molar-refractivity contribution >= 4 is 5.97 Å². The summed E-state index contributed by atoms with van der Waals surface area (Å²) in [7, 11) is 0. The Morgan fingerprint density at radius 1 is 1.43 bits per heavy atom. The van der Waals surface area contributed by atoms with Crippen LogP contribution in [0.25, 0.3) is 0 Å². The monoisotopic (exact) mass is 306 g/mol. The molecule has 2 atom stereocenters. The Labute approximate surface area is 126 Å². The summed E-state index contributed by atoms with van der Waals surface area (Å²) in [6.45, 7) is 7.46. The number of alkyl halides is 2. The van der Waals surface area contributed by atoms with E-state index in [-0.39, 0.29) is 18.5 Å². The molecule has 1 saturated heterocycles. The molecule has 0 aromatic rings. The number of carboxylic acids is 1. The summed E-state index contributed by atoms with van der Waals surface area (Å²) < 4.78 is 25.3. The van der Waals surface area contributed by atoms with E-state index in [0.717, 1.165) is 25.8 Å². The highest BCUT2D eigenvalue weighted by molar-refractivity contribution is 5.73. The van der Waals surface area contributed by atoms with Gasteiger partial charge in [-0.25, -0.2) is 8.78 Å². The van der Waals surface area contributed by atoms with Gasteiger partial charge in [0.15, 0.2) is 0 Å². The predicted octanol–water partition coefficient (Wildman–Crippen LogP) is 2.54. The minimum atomic E-state index is -2.34. The van der Waals surface area contributed by atoms with E-state index in [1.807, 2.05) is 25.7 Å². The second-order valence-corrected chi connectivity index (χ2v) is 6.21. The zero-order valence-corrected chi connectivity index (χ0v) is 13.3. The SMILES string of the molecule is CCCN(CC(F)F)CC1CCCN1C(C(=O)O)C(C)C. The van der Waals surface area contributed by atoms with Crippen molar-refractivity contribution < 1.29 is 18.7 Å². The topological polar surface area (TPSA) is 43.8 Å². The van der Waals surface area contributed by atoms with Crippen LogP contribution in [0.15, 0.2) is 0 Å². The van der Waals surface area contributed by atoms with Crippen LogP contribution in [-0.4, -0.2) is 65.6 Å². The summed E-state index contributed by atoms with van der Waals surface area (Å²) in [6.07, 6.45) is 0.314. The van der Waals surface area contributed by atoms with Crippen LogP contribution in [0, 0.1) is 5.92 Å². The third-order valence-corrected chi connectivity index (χ3v) is 4.07. The van der Waals surface area contributed by atoms with Gasteiger partial charge in [0.05, 0.1) is 6.54 Å². The van der Waals surface area contributed by atoms with Gasteiger partial charge in [-0.05, 0) is 38.3 Å². The van der Waals surface area contributed by atoms with Crippen molar-refractivity contribution in [1.82, 2.24) is 9.80 Å². The van der Waals surface area contributed by atoms with Gasteiger partial charge < -0.3 is 5.11 Å². The third-order valence-electron chi connectivity index (χ3n) is 4.07. The lowest BCUT2D eigenvalue weighted by molar-refractivity contribution is -0.145. The molecule has 0 amide bonds. The molecule has 0 aromatic heterocycles. The smallest absolute Gasteiger partial charge is 0.321 e. The minimum absolute atomic E-state index is 0.0119. The molecule has 4 nitrogen and oxygen atoms in total. The first-order chi connectivity index (χ1) is 9.86. The van der Waals surface area contributed by atoms with E-state index in [1.165, 1.54) is 0 Å². The Balaban J connectivity index is 2.72. The second-order valence-electron chi connectivity index (χ2n) is 6.21. The molecule has 0 saturated carbocycles. The highest BCUT2D eigenvalue weighted by Gasteiger charge is 2.37. The number of aliphatic carboxylic acids is 1. The average molecular weight is 306 g/mol. The molecule has 0 spiro atoms. The van der Waals surface area contributed by atoms with Crippen molar-refractivity contribution in [3.05, 3.63) is 0 Å². The zero-order valence-electron chi connectivity index (χ0n) is 13.3. The molecule has 0 aromatic carbocycles. The van der Waals surface area contributed by atoms with Crippen LogP contribution in [0.5, 0.6) is 0 Å². The number of carboxylic acid groups (broad SMARTS) is 1. The van der Waals surface area contributed by atoms with E-state index in [0.29, 0.717) is 13.1 Å². The summed E-state index contributed by atoms with van der Waals surface area (Å²) in [5.74, 6) is -0.800. The van der Waals surface area contributed by atoms with Gasteiger partial charge in [-0.1, -0.05) is 20.8 Å². The number of halogens is 2. The summed E-state index contributed by atoms with van der Waals surface area (Å²) in [4.78, 5) is 15.3. The van der Waals surface area contributed by atoms with Gasteiger partial charge in [-0.3, -0.25) is 14.6 Å². The quantitative estimate of drug-likeness (QED) is 0.711. The first-order valence-electron chi connectivity index (χ1n) is 7.85. The summed E-state index contributed by atoms with van der Waals surface area (Å²) in [5.41, 5.74) is 0. The molecule has 1 aliphatic heterocycles. The van der Waals surface area contributed by atoms with Crippen molar-refractivity contribution in [1.29, 1.82) is 0 Å². The van der Waals surface area contributed by atoms with Gasteiger partial charge in [0.2, 0.25) is 0 Å². The number of nitrogens with zero attached hydrogens (tertiary/aromatic N) is 2. The van der Waals surface area contributed by atoms with E-state index < -0.39 is 18.4 Å². The molecule has 0 aliphatic carbocycles. The molecule has 2 unspecified atom stereocenters. The van der Waals surface area contributed by atoms with Crippen molar-refractivity contribution in [3.63, 3.8) is 0 Å². The fraction of sp³-hybridized carbons (Fsp3) is 0.933. The van der Waals surface area contributed by atoms with Gasteiger partial charge in [0, 0.05) is 12.6 Å². The van der Waals surface area contributed by atoms with Crippen LogP contribution in [-0.2, 0) is 4.79 Å². The van der Waals surface area contributed by atoms with E-state index in [1.54, 1.807) is 4.90 Å². The molecular weight excluding hydrogens is 278 g/mol. The molecule has 124 valence electrons. The van der Waals surface area contributed by atoms with Gasteiger partial charge >= 0.3 is 5.97 Å². The van der Waals surface area contributed by atoms with Gasteiger partial charge in [-0.2, -0.15) is 0 Å². The highest BCUT2D eigenvalue weighted by Crippen LogP contribution is 2.25. The van der Waals surface area contributed by atoms with E-state index in [9.17, 15) is 18.7 Å². The summed E-state index contributed by atoms with van der Waals surface area (Å²) in [6, 6.07) is -0.452. The van der Waals surface area contributed by atoms with Gasteiger partial charge in [0.25, 0.3) is 6.43 Å². The maximum absolute atomic E-state index is 12.6. The van der Waals surface area contributed by atoms with E-state index in [4.69, 9.17) is 0 Å². The minimum Gasteiger partial charge on any atom is -0.480 e. The first-order valence-corrected chi connectivity index (χ1v) is 7.85. The fourth-order valence-corrected chi connectivity index (χ4v) is 3.30. The Morgan fingerprint density at radius 3 is 2.57 bits per heavy atom. The fourth-order valence-electron chi connectivity index (χ4n) is 3.30. The lowest BCUT2D eigenvalue weighted by Crippen LogP contribution is -2.51. The highest BCUT2D eigenvalue weighted by atomic mass is 19.3. The van der Waals surface area contributed by atoms with Crippen LogP contribution < -0.4 is 0 Å². The molecule has 21 heavy (non-hydrogen) atoms. The molecule has 1 fully saturated rings. The van der Waals surface area contributed by atoms with Crippen molar-refractivity contribution in [2.24, 2.45) is 5.92 Å². The van der Waals surface area contributed by atoms with E-state index >= 15 is 0 Å². The van der Waals surface area contributed by atoms with Crippen LogP contribution in [0.2, 0.25) is 0 Å². The number of hydrogen-bond donors (Lipinski definition) is 1. The molecule has 1 N–H and O–H groups in total. The molecule has 1 aliphatic rings. The molecule has 1 heterocycles. The maximum atomic E-state index is 12.6. The Hall–Kier alpha value is -0.750. The Kier molecular flexibility index (Phi) is 7.52. The number of carbonyl (C=O) groups is 1. The van der Waals surface area contributed by atoms with Crippen molar-refractivity contribution in [3.8, 4) is 0 Å². The average Bonchev–Trinajstić information content (AvgIpc) is 2.75. The van der Waals surface area contributed by atoms with Crippen LogP contribution in [0.1, 0.15) is 40.0 Å². The van der Waals surface area contributed by atoms with Gasteiger partial charge in [0.1, 0.15) is 6.04 Å². The summed E-state index contributed by atoms with van der Waals surface area (Å²) >= 11 is 0. The van der Waals surface area contributed by atoms with Crippen molar-refractivity contribution in [2.45, 2.75) is 58.5 Å². The predicted molar refractivity (Wildman–Crippen MR) is 78.7 cm³/mol. The zero-order chi connectivity index (χ0) is 16.0. The second kappa shape index (κ2) is 8.63. The molecule has 6 heteroatoms. The largest absolute Gasteiger partial charge is 0.480 e. The third kappa shape index (κ3) is 5.51. The number of hydrogen-bond acceptors (Lipinski definition) is 3. The molecular formula is C15H28F2N2O2. The van der Waals surface area contributed by atoms with Crippen LogP contribution in [0.4, 0.5) is 8.78 Å². The summed E-state index contributed by atoms with van der Waals surface area (Å²) in [5, 5.41) is 9.43. The Morgan fingerprint density at radius 2 is 2.10 bits per heavy atom.